The number of amides is 1. The summed E-state index contributed by atoms with van der Waals surface area (Å²) in [6.07, 6.45) is 10.2. The van der Waals surface area contributed by atoms with Crippen LogP contribution in [0.3, 0.4) is 0 Å². The first-order valence-corrected chi connectivity index (χ1v) is 6.82. The highest BCUT2D eigenvalue weighted by atomic mass is 16.1. The Hall–Kier alpha value is -2.42. The van der Waals surface area contributed by atoms with Crippen LogP contribution >= 0.6 is 0 Å². The molecule has 0 saturated heterocycles. The van der Waals surface area contributed by atoms with Crippen LogP contribution in [0.5, 0.6) is 0 Å². The van der Waals surface area contributed by atoms with Gasteiger partial charge in [0.25, 0.3) is 0 Å². The van der Waals surface area contributed by atoms with E-state index >= 15 is 0 Å². The van der Waals surface area contributed by atoms with Gasteiger partial charge in [-0.2, -0.15) is 0 Å². The molecule has 0 aliphatic heterocycles. The molecule has 3 nitrogen and oxygen atoms in total. The Morgan fingerprint density at radius 1 is 1.10 bits per heavy atom. The summed E-state index contributed by atoms with van der Waals surface area (Å²) in [6.45, 7) is 0. The maximum absolute atomic E-state index is 11.9. The third-order valence-corrected chi connectivity index (χ3v) is 3.50. The predicted molar refractivity (Wildman–Crippen MR) is 80.4 cm³/mol. The molecular formula is C17H16N2O. The van der Waals surface area contributed by atoms with Gasteiger partial charge in [0.05, 0.1) is 0 Å². The van der Waals surface area contributed by atoms with Gasteiger partial charge in [-0.25, -0.2) is 0 Å². The van der Waals surface area contributed by atoms with Gasteiger partial charge in [0.1, 0.15) is 0 Å². The average molecular weight is 264 g/mol. The molecule has 0 atom stereocenters. The Kier molecular flexibility index (Phi) is 3.59. The Morgan fingerprint density at radius 3 is 2.75 bits per heavy atom. The van der Waals surface area contributed by atoms with E-state index in [1.807, 2.05) is 18.2 Å². The second-order valence-corrected chi connectivity index (χ2v) is 4.94. The minimum Gasteiger partial charge on any atom is -0.323 e. The van der Waals surface area contributed by atoms with Crippen molar-refractivity contribution < 1.29 is 4.79 Å². The van der Waals surface area contributed by atoms with Crippen LogP contribution in [0.15, 0.2) is 48.8 Å². The first kappa shape index (κ1) is 12.6. The van der Waals surface area contributed by atoms with Crippen molar-refractivity contribution in [2.45, 2.75) is 19.3 Å². The number of anilines is 1. The molecule has 1 N–H and O–H groups in total. The zero-order valence-corrected chi connectivity index (χ0v) is 11.2. The molecule has 2 aromatic rings. The van der Waals surface area contributed by atoms with Crippen molar-refractivity contribution in [3.05, 3.63) is 65.5 Å². The van der Waals surface area contributed by atoms with Crippen LogP contribution < -0.4 is 5.32 Å². The molecule has 20 heavy (non-hydrogen) atoms. The molecule has 0 saturated carbocycles. The standard InChI is InChI=1S/C17H16N2O/c20-17(7-4-13-8-10-18-11-9-13)19-16-6-5-14-2-1-3-15(14)12-16/h4-12H,1-3H2,(H,19,20)/b7-4+. The lowest BCUT2D eigenvalue weighted by atomic mass is 10.1. The van der Waals surface area contributed by atoms with E-state index in [9.17, 15) is 4.79 Å². The smallest absolute Gasteiger partial charge is 0.248 e. The van der Waals surface area contributed by atoms with Gasteiger partial charge in [-0.05, 0) is 66.3 Å². The van der Waals surface area contributed by atoms with Crippen LogP contribution in [0, 0.1) is 0 Å². The predicted octanol–water partition coefficient (Wildman–Crippen LogP) is 3.22. The van der Waals surface area contributed by atoms with E-state index in [0.717, 1.165) is 24.1 Å². The molecular weight excluding hydrogens is 248 g/mol. The average Bonchev–Trinajstić information content (AvgIpc) is 2.94. The summed E-state index contributed by atoms with van der Waals surface area (Å²) in [6, 6.07) is 9.89. The van der Waals surface area contributed by atoms with Crippen LogP contribution in [0.2, 0.25) is 0 Å². The fraction of sp³-hybridized carbons (Fsp3) is 0.176. The van der Waals surface area contributed by atoms with E-state index in [0.29, 0.717) is 0 Å². The van der Waals surface area contributed by atoms with Crippen LogP contribution in [0.4, 0.5) is 5.69 Å². The van der Waals surface area contributed by atoms with Gasteiger partial charge in [0, 0.05) is 24.2 Å². The Bertz CT molecular complexity index is 647. The molecule has 0 bridgehead atoms. The van der Waals surface area contributed by atoms with Crippen LogP contribution in [-0.4, -0.2) is 10.9 Å². The molecule has 1 aliphatic rings. The van der Waals surface area contributed by atoms with Gasteiger partial charge in [-0.1, -0.05) is 6.07 Å². The molecule has 0 spiro atoms. The molecule has 1 aromatic carbocycles. The number of carbonyl (C=O) groups excluding carboxylic acids is 1. The number of carbonyl (C=O) groups is 1. The number of hydrogen-bond donors (Lipinski definition) is 1. The number of aryl methyl sites for hydroxylation is 2. The summed E-state index contributed by atoms with van der Waals surface area (Å²) in [5, 5.41) is 2.90. The maximum atomic E-state index is 11.9. The topological polar surface area (TPSA) is 42.0 Å². The molecule has 1 aromatic heterocycles. The second-order valence-electron chi connectivity index (χ2n) is 4.94. The van der Waals surface area contributed by atoms with Crippen molar-refractivity contribution in [1.29, 1.82) is 0 Å². The number of fused-ring (bicyclic) bond motifs is 1. The van der Waals surface area contributed by atoms with Crippen molar-refractivity contribution in [3.63, 3.8) is 0 Å². The van der Waals surface area contributed by atoms with Gasteiger partial charge >= 0.3 is 0 Å². The summed E-state index contributed by atoms with van der Waals surface area (Å²) in [5.74, 6) is -0.111. The second kappa shape index (κ2) is 5.70. The first-order valence-electron chi connectivity index (χ1n) is 6.82. The van der Waals surface area contributed by atoms with E-state index < -0.39 is 0 Å². The molecule has 3 rings (SSSR count). The van der Waals surface area contributed by atoms with Crippen LogP contribution in [0.1, 0.15) is 23.1 Å². The molecule has 0 fully saturated rings. The first-order chi connectivity index (χ1) is 9.81. The highest BCUT2D eigenvalue weighted by molar-refractivity contribution is 6.01. The number of pyridine rings is 1. The lowest BCUT2D eigenvalue weighted by molar-refractivity contribution is -0.111. The highest BCUT2D eigenvalue weighted by Gasteiger charge is 2.11. The highest BCUT2D eigenvalue weighted by Crippen LogP contribution is 2.24. The fourth-order valence-electron chi connectivity index (χ4n) is 2.48. The molecule has 0 radical (unpaired) electrons. The number of aromatic nitrogens is 1. The maximum Gasteiger partial charge on any atom is 0.248 e. The molecule has 1 amide bonds. The van der Waals surface area contributed by atoms with Gasteiger partial charge in [0.15, 0.2) is 0 Å². The number of hydrogen-bond acceptors (Lipinski definition) is 2. The monoisotopic (exact) mass is 264 g/mol. The third-order valence-electron chi connectivity index (χ3n) is 3.50. The van der Waals surface area contributed by atoms with Gasteiger partial charge < -0.3 is 5.32 Å². The fourth-order valence-corrected chi connectivity index (χ4v) is 2.48. The summed E-state index contributed by atoms with van der Waals surface area (Å²) >= 11 is 0. The quantitative estimate of drug-likeness (QED) is 0.865. The molecule has 0 unspecified atom stereocenters. The van der Waals surface area contributed by atoms with Gasteiger partial charge in [-0.15, -0.1) is 0 Å². The molecule has 1 aliphatic carbocycles. The summed E-state index contributed by atoms with van der Waals surface area (Å²) < 4.78 is 0. The number of nitrogens with zero attached hydrogens (tertiary/aromatic N) is 1. The van der Waals surface area contributed by atoms with E-state index in [2.05, 4.69) is 22.4 Å². The minimum atomic E-state index is -0.111. The van der Waals surface area contributed by atoms with Crippen molar-refractivity contribution in [3.8, 4) is 0 Å². The SMILES string of the molecule is O=C(/C=C/c1ccncc1)Nc1ccc2c(c1)CCC2. The van der Waals surface area contributed by atoms with Crippen LogP contribution in [-0.2, 0) is 17.6 Å². The molecule has 100 valence electrons. The van der Waals surface area contributed by atoms with Crippen LogP contribution in [0.25, 0.3) is 6.08 Å². The summed E-state index contributed by atoms with van der Waals surface area (Å²) in [4.78, 5) is 15.8. The van der Waals surface area contributed by atoms with E-state index in [1.165, 1.54) is 17.5 Å². The number of nitrogens with one attached hydrogen (secondary N) is 1. The van der Waals surface area contributed by atoms with Gasteiger partial charge in [-0.3, -0.25) is 9.78 Å². The zero-order valence-electron chi connectivity index (χ0n) is 11.2. The lowest BCUT2D eigenvalue weighted by Crippen LogP contribution is -2.08. The number of benzene rings is 1. The van der Waals surface area contributed by atoms with Crippen molar-refractivity contribution in [2.75, 3.05) is 5.32 Å². The molecule has 1 heterocycles. The third kappa shape index (κ3) is 2.94. The van der Waals surface area contributed by atoms with Gasteiger partial charge in [0.2, 0.25) is 5.91 Å². The Morgan fingerprint density at radius 2 is 1.90 bits per heavy atom. The molecule has 3 heteroatoms. The van der Waals surface area contributed by atoms with E-state index in [1.54, 1.807) is 24.5 Å². The Labute approximate surface area is 118 Å². The summed E-state index contributed by atoms with van der Waals surface area (Å²) in [7, 11) is 0. The summed E-state index contributed by atoms with van der Waals surface area (Å²) in [5.41, 5.74) is 4.61. The van der Waals surface area contributed by atoms with Crippen molar-refractivity contribution in [1.82, 2.24) is 4.98 Å². The lowest BCUT2D eigenvalue weighted by Gasteiger charge is -2.05. The minimum absolute atomic E-state index is 0.111. The largest absolute Gasteiger partial charge is 0.323 e. The Balaban J connectivity index is 1.66. The van der Waals surface area contributed by atoms with Crippen molar-refractivity contribution in [2.24, 2.45) is 0 Å². The van der Waals surface area contributed by atoms with Crippen molar-refractivity contribution >= 4 is 17.7 Å². The van der Waals surface area contributed by atoms with E-state index in [4.69, 9.17) is 0 Å². The normalized spacial score (nSPS) is 13.4. The number of rotatable bonds is 3. The van der Waals surface area contributed by atoms with E-state index in [-0.39, 0.29) is 5.91 Å². The zero-order chi connectivity index (χ0) is 13.8.